The van der Waals surface area contributed by atoms with Crippen LogP contribution < -0.4 is 0 Å². The Bertz CT molecular complexity index is 522. The summed E-state index contributed by atoms with van der Waals surface area (Å²) in [5.74, 6) is -1.23. The summed E-state index contributed by atoms with van der Waals surface area (Å²) < 4.78 is 13.7. The smallest absolute Gasteiger partial charge is 0.336 e. The zero-order valence-electron chi connectivity index (χ0n) is 8.01. The highest BCUT2D eigenvalue weighted by Gasteiger charge is 2.07. The molecule has 0 aliphatic carbocycles. The molecule has 1 aromatic carbocycles. The number of carbonyl (C=O) groups is 1. The summed E-state index contributed by atoms with van der Waals surface area (Å²) in [6.45, 7) is 0. The Morgan fingerprint density at radius 3 is 2.81 bits per heavy atom. The number of benzene rings is 1. The molecular formula is C11H7FO2S2. The Morgan fingerprint density at radius 1 is 1.38 bits per heavy atom. The predicted octanol–water partition coefficient (Wildman–Crippen LogP) is 3.74. The standard InChI is InChI=1S/C11H7FO2S2/c12-8-2-1-3-9(5-8)16-10-4-7(6-15-10)11(13)14/h1-6H,(H,13,14). The first-order valence-electron chi connectivity index (χ1n) is 4.40. The van der Waals surface area contributed by atoms with Gasteiger partial charge in [0, 0.05) is 10.3 Å². The highest BCUT2D eigenvalue weighted by Crippen LogP contribution is 2.32. The topological polar surface area (TPSA) is 37.3 Å². The second kappa shape index (κ2) is 4.67. The van der Waals surface area contributed by atoms with Crippen LogP contribution in [0.15, 0.2) is 44.8 Å². The zero-order chi connectivity index (χ0) is 11.5. The van der Waals surface area contributed by atoms with Crippen LogP contribution in [-0.2, 0) is 0 Å². The summed E-state index contributed by atoms with van der Waals surface area (Å²) >= 11 is 2.69. The van der Waals surface area contributed by atoms with Gasteiger partial charge in [0.25, 0.3) is 0 Å². The molecule has 1 N–H and O–H groups in total. The molecule has 0 unspecified atom stereocenters. The van der Waals surface area contributed by atoms with Crippen molar-refractivity contribution >= 4 is 29.1 Å². The van der Waals surface area contributed by atoms with Gasteiger partial charge in [0.05, 0.1) is 9.77 Å². The third-order valence-corrected chi connectivity index (χ3v) is 3.91. The van der Waals surface area contributed by atoms with Gasteiger partial charge in [-0.1, -0.05) is 17.8 Å². The first kappa shape index (κ1) is 11.2. The quantitative estimate of drug-likeness (QED) is 0.906. The number of thiophene rings is 1. The fraction of sp³-hybridized carbons (Fsp3) is 0. The largest absolute Gasteiger partial charge is 0.478 e. The molecule has 5 heteroatoms. The molecule has 0 saturated carbocycles. The van der Waals surface area contributed by atoms with Gasteiger partial charge in [0.1, 0.15) is 5.82 Å². The average Bonchev–Trinajstić information content (AvgIpc) is 2.66. The SMILES string of the molecule is O=C(O)c1csc(Sc2cccc(F)c2)c1. The van der Waals surface area contributed by atoms with Crippen LogP contribution in [0.25, 0.3) is 0 Å². The van der Waals surface area contributed by atoms with E-state index in [0.717, 1.165) is 9.10 Å². The molecule has 0 fully saturated rings. The lowest BCUT2D eigenvalue weighted by Crippen LogP contribution is -1.91. The van der Waals surface area contributed by atoms with Crippen LogP contribution in [0.4, 0.5) is 4.39 Å². The highest BCUT2D eigenvalue weighted by molar-refractivity contribution is 8.01. The van der Waals surface area contributed by atoms with Gasteiger partial charge in [-0.3, -0.25) is 0 Å². The molecule has 2 aromatic rings. The summed E-state index contributed by atoms with van der Waals surface area (Å²) in [6.07, 6.45) is 0. The maximum atomic E-state index is 12.9. The third-order valence-electron chi connectivity index (χ3n) is 1.84. The Kier molecular flexibility index (Phi) is 3.26. The summed E-state index contributed by atoms with van der Waals surface area (Å²) in [5.41, 5.74) is 0.268. The summed E-state index contributed by atoms with van der Waals surface area (Å²) in [6, 6.07) is 7.80. The summed E-state index contributed by atoms with van der Waals surface area (Å²) in [4.78, 5) is 11.4. The summed E-state index contributed by atoms with van der Waals surface area (Å²) in [5, 5.41) is 10.3. The maximum absolute atomic E-state index is 12.9. The molecule has 0 aliphatic heterocycles. The molecule has 0 atom stereocenters. The van der Waals surface area contributed by atoms with Crippen LogP contribution >= 0.6 is 23.1 Å². The second-order valence-corrected chi connectivity index (χ2v) is 5.30. The van der Waals surface area contributed by atoms with Crippen LogP contribution in [0.1, 0.15) is 10.4 Å². The Labute approximate surface area is 99.7 Å². The third kappa shape index (κ3) is 2.62. The number of carboxylic acids is 1. The molecule has 1 heterocycles. The number of hydrogen-bond acceptors (Lipinski definition) is 3. The van der Waals surface area contributed by atoms with Crippen molar-refractivity contribution in [3.8, 4) is 0 Å². The van der Waals surface area contributed by atoms with Crippen molar-refractivity contribution in [3.63, 3.8) is 0 Å². The first-order valence-corrected chi connectivity index (χ1v) is 6.10. The van der Waals surface area contributed by atoms with E-state index < -0.39 is 5.97 Å². The molecular weight excluding hydrogens is 247 g/mol. The molecule has 0 amide bonds. The fourth-order valence-electron chi connectivity index (χ4n) is 1.13. The van der Waals surface area contributed by atoms with Gasteiger partial charge in [0.2, 0.25) is 0 Å². The molecule has 0 spiro atoms. The van der Waals surface area contributed by atoms with Gasteiger partial charge in [0.15, 0.2) is 0 Å². The predicted molar refractivity (Wildman–Crippen MR) is 61.8 cm³/mol. The molecule has 1 aromatic heterocycles. The highest BCUT2D eigenvalue weighted by atomic mass is 32.2. The van der Waals surface area contributed by atoms with Crippen molar-refractivity contribution in [2.45, 2.75) is 9.10 Å². The number of aromatic carboxylic acids is 1. The normalized spacial score (nSPS) is 10.3. The lowest BCUT2D eigenvalue weighted by molar-refractivity contribution is 0.0697. The lowest BCUT2D eigenvalue weighted by Gasteiger charge is -1.97. The van der Waals surface area contributed by atoms with Crippen LogP contribution in [-0.4, -0.2) is 11.1 Å². The van der Waals surface area contributed by atoms with E-state index in [4.69, 9.17) is 5.11 Å². The average molecular weight is 254 g/mol. The Balaban J connectivity index is 2.17. The molecule has 82 valence electrons. The minimum atomic E-state index is -0.942. The van der Waals surface area contributed by atoms with Gasteiger partial charge < -0.3 is 5.11 Å². The monoisotopic (exact) mass is 254 g/mol. The van der Waals surface area contributed by atoms with E-state index in [1.807, 2.05) is 0 Å². The van der Waals surface area contributed by atoms with Gasteiger partial charge in [-0.2, -0.15) is 0 Å². The molecule has 0 radical (unpaired) electrons. The summed E-state index contributed by atoms with van der Waals surface area (Å²) in [7, 11) is 0. The molecule has 2 nitrogen and oxygen atoms in total. The maximum Gasteiger partial charge on any atom is 0.336 e. The van der Waals surface area contributed by atoms with E-state index in [2.05, 4.69) is 0 Å². The number of hydrogen-bond donors (Lipinski definition) is 1. The minimum absolute atomic E-state index is 0.268. The zero-order valence-corrected chi connectivity index (χ0v) is 9.65. The van der Waals surface area contributed by atoms with E-state index in [1.54, 1.807) is 23.6 Å². The Hall–Kier alpha value is -1.33. The number of halogens is 1. The van der Waals surface area contributed by atoms with Crippen molar-refractivity contribution in [3.05, 3.63) is 47.1 Å². The lowest BCUT2D eigenvalue weighted by atomic mass is 10.3. The van der Waals surface area contributed by atoms with Gasteiger partial charge in [-0.25, -0.2) is 9.18 Å². The second-order valence-electron chi connectivity index (χ2n) is 3.02. The molecule has 0 aliphatic rings. The first-order chi connectivity index (χ1) is 7.65. The molecule has 2 rings (SSSR count). The minimum Gasteiger partial charge on any atom is -0.478 e. The van der Waals surface area contributed by atoms with Crippen LogP contribution in [0.3, 0.4) is 0 Å². The number of rotatable bonds is 3. The van der Waals surface area contributed by atoms with Crippen molar-refractivity contribution in [2.24, 2.45) is 0 Å². The molecule has 0 bridgehead atoms. The van der Waals surface area contributed by atoms with Crippen LogP contribution in [0.5, 0.6) is 0 Å². The van der Waals surface area contributed by atoms with E-state index in [0.29, 0.717) is 0 Å². The van der Waals surface area contributed by atoms with Gasteiger partial charge in [-0.15, -0.1) is 11.3 Å². The van der Waals surface area contributed by atoms with Crippen molar-refractivity contribution in [2.75, 3.05) is 0 Å². The van der Waals surface area contributed by atoms with Crippen LogP contribution in [0, 0.1) is 5.82 Å². The van der Waals surface area contributed by atoms with Crippen molar-refractivity contribution in [1.29, 1.82) is 0 Å². The Morgan fingerprint density at radius 2 is 2.19 bits per heavy atom. The molecule has 16 heavy (non-hydrogen) atoms. The van der Waals surface area contributed by atoms with Crippen LogP contribution in [0.2, 0.25) is 0 Å². The van der Waals surface area contributed by atoms with Gasteiger partial charge >= 0.3 is 5.97 Å². The van der Waals surface area contributed by atoms with E-state index in [9.17, 15) is 9.18 Å². The van der Waals surface area contributed by atoms with E-state index in [1.165, 1.54) is 35.2 Å². The fourth-order valence-corrected chi connectivity index (χ4v) is 3.10. The van der Waals surface area contributed by atoms with Gasteiger partial charge in [-0.05, 0) is 24.3 Å². The van der Waals surface area contributed by atoms with E-state index >= 15 is 0 Å². The number of carboxylic acid groups (broad SMARTS) is 1. The molecule has 0 saturated heterocycles. The van der Waals surface area contributed by atoms with Crippen molar-refractivity contribution < 1.29 is 14.3 Å². The van der Waals surface area contributed by atoms with Crippen molar-refractivity contribution in [1.82, 2.24) is 0 Å². The van der Waals surface area contributed by atoms with E-state index in [-0.39, 0.29) is 11.4 Å².